The van der Waals surface area contributed by atoms with E-state index in [-0.39, 0.29) is 5.91 Å². The minimum Gasteiger partial charge on any atom is -0.453 e. The lowest BCUT2D eigenvalue weighted by Crippen LogP contribution is -2.34. The minimum atomic E-state index is -0.620. The summed E-state index contributed by atoms with van der Waals surface area (Å²) >= 11 is 0. The topological polar surface area (TPSA) is 89.0 Å². The zero-order valence-corrected chi connectivity index (χ0v) is 14.3. The second kappa shape index (κ2) is 8.15. The van der Waals surface area contributed by atoms with Crippen LogP contribution in [0.2, 0.25) is 0 Å². The summed E-state index contributed by atoms with van der Waals surface area (Å²) in [7, 11) is 1.30. The maximum absolute atomic E-state index is 12.3. The number of hydrogen-bond donors (Lipinski definition) is 2. The van der Waals surface area contributed by atoms with Crippen molar-refractivity contribution in [2.45, 2.75) is 19.1 Å². The first-order valence-electron chi connectivity index (χ1n) is 8.15. The van der Waals surface area contributed by atoms with E-state index in [1.54, 1.807) is 12.1 Å². The van der Waals surface area contributed by atoms with Crippen molar-refractivity contribution in [3.05, 3.63) is 65.7 Å². The van der Waals surface area contributed by atoms with Gasteiger partial charge in [0, 0.05) is 18.7 Å². The summed E-state index contributed by atoms with van der Waals surface area (Å²) in [5.74, 6) is -0.212. The molecule has 2 N–H and O–H groups in total. The first kappa shape index (κ1) is 17.5. The van der Waals surface area contributed by atoms with E-state index < -0.39 is 12.2 Å². The molecule has 2 aromatic carbocycles. The lowest BCUT2D eigenvalue weighted by atomic mass is 10.0. The van der Waals surface area contributed by atoms with E-state index in [9.17, 15) is 9.59 Å². The normalized spacial score (nSPS) is 15.6. The molecule has 26 heavy (non-hydrogen) atoms. The van der Waals surface area contributed by atoms with Crippen molar-refractivity contribution in [1.29, 1.82) is 0 Å². The summed E-state index contributed by atoms with van der Waals surface area (Å²) in [5.41, 5.74) is 3.24. The predicted molar refractivity (Wildman–Crippen MR) is 96.8 cm³/mol. The Kier molecular flexibility index (Phi) is 5.48. The van der Waals surface area contributed by atoms with Crippen LogP contribution in [0.1, 0.15) is 17.5 Å². The summed E-state index contributed by atoms with van der Waals surface area (Å²) in [6.07, 6.45) is -0.707. The van der Waals surface area contributed by atoms with Crippen molar-refractivity contribution in [1.82, 2.24) is 5.32 Å². The average Bonchev–Trinajstić information content (AvgIpc) is 3.18. The average molecular weight is 353 g/mol. The maximum atomic E-state index is 12.3. The highest BCUT2D eigenvalue weighted by Crippen LogP contribution is 2.17. The fourth-order valence-corrected chi connectivity index (χ4v) is 2.50. The van der Waals surface area contributed by atoms with E-state index >= 15 is 0 Å². The molecule has 1 heterocycles. The van der Waals surface area contributed by atoms with Crippen LogP contribution in [0, 0.1) is 0 Å². The second-order valence-corrected chi connectivity index (χ2v) is 5.73. The molecule has 1 atom stereocenters. The van der Waals surface area contributed by atoms with Gasteiger partial charge in [-0.1, -0.05) is 47.6 Å². The van der Waals surface area contributed by atoms with Gasteiger partial charge in [0.2, 0.25) is 6.10 Å². The van der Waals surface area contributed by atoms with Crippen LogP contribution in [0.3, 0.4) is 0 Å². The van der Waals surface area contributed by atoms with E-state index in [2.05, 4.69) is 20.5 Å². The van der Waals surface area contributed by atoms with Crippen LogP contribution in [0.5, 0.6) is 0 Å². The molecule has 1 aliphatic heterocycles. The van der Waals surface area contributed by atoms with Gasteiger partial charge < -0.3 is 14.9 Å². The fraction of sp³-hybridized carbons (Fsp3) is 0.211. The smallest absolute Gasteiger partial charge is 0.411 e. The van der Waals surface area contributed by atoms with E-state index in [4.69, 9.17) is 4.84 Å². The summed E-state index contributed by atoms with van der Waals surface area (Å²) in [5, 5.41) is 9.41. The third kappa shape index (κ3) is 4.38. The summed E-state index contributed by atoms with van der Waals surface area (Å²) in [6, 6.07) is 16.7. The molecule has 7 heteroatoms. The first-order valence-corrected chi connectivity index (χ1v) is 8.15. The van der Waals surface area contributed by atoms with E-state index in [0.29, 0.717) is 18.7 Å². The number of rotatable bonds is 5. The number of hydrogen-bond acceptors (Lipinski definition) is 5. The molecule has 0 bridgehead atoms. The van der Waals surface area contributed by atoms with E-state index in [1.165, 1.54) is 7.11 Å². The van der Waals surface area contributed by atoms with Gasteiger partial charge >= 0.3 is 6.09 Å². The third-order valence-corrected chi connectivity index (χ3v) is 3.92. The summed E-state index contributed by atoms with van der Waals surface area (Å²) in [6.45, 7) is 0.359. The Balaban J connectivity index is 1.48. The van der Waals surface area contributed by atoms with Gasteiger partial charge in [0.05, 0.1) is 12.8 Å². The van der Waals surface area contributed by atoms with Crippen LogP contribution in [-0.4, -0.2) is 30.9 Å². The van der Waals surface area contributed by atoms with E-state index in [0.717, 1.165) is 16.8 Å². The highest BCUT2D eigenvalue weighted by molar-refractivity contribution is 6.04. The lowest BCUT2D eigenvalue weighted by Gasteiger charge is -2.10. The number of ether oxygens (including phenoxy) is 1. The number of methoxy groups -OCH3 is 1. The Morgan fingerprint density at radius 1 is 1.15 bits per heavy atom. The Hall–Kier alpha value is -3.35. The van der Waals surface area contributed by atoms with Crippen molar-refractivity contribution in [3.8, 4) is 0 Å². The standard InChI is InChI=1S/C19H19N3O4/c1-25-19(24)21-15-9-7-13(8-10-15)12-20-18(23)17-11-16(22-26-17)14-5-3-2-4-6-14/h2-10,17H,11-12H2,1H3,(H,20,23)(H,21,24). The Morgan fingerprint density at radius 3 is 2.58 bits per heavy atom. The molecule has 0 fully saturated rings. The number of nitrogens with zero attached hydrogens (tertiary/aromatic N) is 1. The number of carbonyl (C=O) groups is 2. The van der Waals surface area contributed by atoms with Gasteiger partial charge in [0.1, 0.15) is 0 Å². The van der Waals surface area contributed by atoms with Crippen LogP contribution in [0.4, 0.5) is 10.5 Å². The van der Waals surface area contributed by atoms with Gasteiger partial charge in [-0.25, -0.2) is 4.79 Å². The molecule has 134 valence electrons. The number of carbonyl (C=O) groups excluding carboxylic acids is 2. The van der Waals surface area contributed by atoms with Crippen LogP contribution in [0.15, 0.2) is 59.8 Å². The van der Waals surface area contributed by atoms with Gasteiger partial charge in [-0.15, -0.1) is 0 Å². The van der Waals surface area contributed by atoms with Gasteiger partial charge in [-0.3, -0.25) is 10.1 Å². The first-order chi connectivity index (χ1) is 12.7. The zero-order valence-electron chi connectivity index (χ0n) is 14.3. The molecule has 0 saturated heterocycles. The Labute approximate surface area is 151 Å². The third-order valence-electron chi connectivity index (χ3n) is 3.92. The van der Waals surface area contributed by atoms with Gasteiger partial charge in [0.15, 0.2) is 0 Å². The highest BCUT2D eigenvalue weighted by Gasteiger charge is 2.28. The van der Waals surface area contributed by atoms with Crippen LogP contribution < -0.4 is 10.6 Å². The molecule has 0 spiro atoms. The second-order valence-electron chi connectivity index (χ2n) is 5.73. The molecule has 0 saturated carbocycles. The molecule has 1 aliphatic rings. The molecule has 0 aromatic heterocycles. The summed E-state index contributed by atoms with van der Waals surface area (Å²) in [4.78, 5) is 28.7. The van der Waals surface area contributed by atoms with Crippen molar-refractivity contribution >= 4 is 23.4 Å². The molecule has 0 aliphatic carbocycles. The Morgan fingerprint density at radius 2 is 1.88 bits per heavy atom. The van der Waals surface area contributed by atoms with Crippen LogP contribution >= 0.6 is 0 Å². The molecule has 3 rings (SSSR count). The van der Waals surface area contributed by atoms with Crippen molar-refractivity contribution < 1.29 is 19.2 Å². The quantitative estimate of drug-likeness (QED) is 0.865. The number of amides is 2. The number of anilines is 1. The molecule has 2 aromatic rings. The number of oxime groups is 1. The maximum Gasteiger partial charge on any atom is 0.411 e. The zero-order chi connectivity index (χ0) is 18.4. The predicted octanol–water partition coefficient (Wildman–Crippen LogP) is 2.67. The van der Waals surface area contributed by atoms with Crippen LogP contribution in [-0.2, 0) is 20.9 Å². The molecule has 1 unspecified atom stereocenters. The minimum absolute atomic E-state index is 0.212. The molecule has 2 amide bonds. The number of benzene rings is 2. The van der Waals surface area contributed by atoms with Crippen molar-refractivity contribution in [2.24, 2.45) is 5.16 Å². The largest absolute Gasteiger partial charge is 0.453 e. The van der Waals surface area contributed by atoms with Gasteiger partial charge in [0.25, 0.3) is 5.91 Å². The molecular weight excluding hydrogens is 334 g/mol. The Bertz CT molecular complexity index is 803. The molecular formula is C19H19N3O4. The van der Waals surface area contributed by atoms with Crippen molar-refractivity contribution in [3.63, 3.8) is 0 Å². The van der Waals surface area contributed by atoms with Gasteiger partial charge in [-0.2, -0.15) is 0 Å². The van der Waals surface area contributed by atoms with Gasteiger partial charge in [-0.05, 0) is 23.3 Å². The monoisotopic (exact) mass is 353 g/mol. The SMILES string of the molecule is COC(=O)Nc1ccc(CNC(=O)C2CC(c3ccccc3)=NO2)cc1. The van der Waals surface area contributed by atoms with Crippen molar-refractivity contribution in [2.75, 3.05) is 12.4 Å². The molecule has 7 nitrogen and oxygen atoms in total. The fourth-order valence-electron chi connectivity index (χ4n) is 2.50. The number of nitrogens with one attached hydrogen (secondary N) is 2. The highest BCUT2D eigenvalue weighted by atomic mass is 16.6. The summed E-state index contributed by atoms with van der Waals surface area (Å²) < 4.78 is 4.53. The van der Waals surface area contributed by atoms with E-state index in [1.807, 2.05) is 42.5 Å². The molecule has 0 radical (unpaired) electrons. The lowest BCUT2D eigenvalue weighted by molar-refractivity contribution is -0.131. The van der Waals surface area contributed by atoms with Crippen LogP contribution in [0.25, 0.3) is 0 Å².